The van der Waals surface area contributed by atoms with Gasteiger partial charge in [-0.15, -0.1) is 11.8 Å². The van der Waals surface area contributed by atoms with Gasteiger partial charge in [0.2, 0.25) is 5.78 Å². The number of aliphatic hydroxyl groups is 1. The van der Waals surface area contributed by atoms with Crippen molar-refractivity contribution < 1.29 is 9.90 Å². The zero-order chi connectivity index (χ0) is 13.0. The molecule has 0 saturated heterocycles. The normalized spacial score (nSPS) is 17.0. The molecule has 0 amide bonds. The number of rotatable bonds is 2. The van der Waals surface area contributed by atoms with Crippen LogP contribution < -0.4 is 0 Å². The summed E-state index contributed by atoms with van der Waals surface area (Å²) in [6.45, 7) is 0. The van der Waals surface area contributed by atoms with Gasteiger partial charge < -0.3 is 5.11 Å². The first-order valence-corrected chi connectivity index (χ1v) is 7.29. The van der Waals surface area contributed by atoms with Gasteiger partial charge in [-0.1, -0.05) is 5.92 Å². The topological polar surface area (TPSA) is 37.3 Å². The van der Waals surface area contributed by atoms with Gasteiger partial charge in [-0.25, -0.2) is 0 Å². The minimum Gasteiger partial charge on any atom is -0.378 e. The molecule has 0 aliphatic heterocycles. The van der Waals surface area contributed by atoms with E-state index in [9.17, 15) is 9.90 Å². The van der Waals surface area contributed by atoms with Crippen molar-refractivity contribution in [1.29, 1.82) is 0 Å². The van der Waals surface area contributed by atoms with E-state index < -0.39 is 5.60 Å². The largest absolute Gasteiger partial charge is 0.378 e. The average molecular weight is 260 g/mol. The Morgan fingerprint density at radius 3 is 2.44 bits per heavy atom. The second-order valence-corrected chi connectivity index (χ2v) is 5.43. The Hall–Kier alpha value is -1.24. The first-order chi connectivity index (χ1) is 8.63. The van der Waals surface area contributed by atoms with Gasteiger partial charge in [0.25, 0.3) is 0 Å². The van der Waals surface area contributed by atoms with Crippen molar-refractivity contribution in [2.24, 2.45) is 0 Å². The molecule has 1 N–H and O–H groups in total. The minimum atomic E-state index is -0.936. The minimum absolute atomic E-state index is 0.219. The average Bonchev–Trinajstić information content (AvgIpc) is 2.83. The molecule has 1 fully saturated rings. The molecular formula is C15H16O2S. The lowest BCUT2D eigenvalue weighted by Crippen LogP contribution is -2.21. The molecule has 1 saturated carbocycles. The van der Waals surface area contributed by atoms with Crippen molar-refractivity contribution in [3.05, 3.63) is 29.8 Å². The zero-order valence-corrected chi connectivity index (χ0v) is 11.2. The highest BCUT2D eigenvalue weighted by Crippen LogP contribution is 2.28. The third-order valence-corrected chi connectivity index (χ3v) is 3.94. The number of benzene rings is 1. The fraction of sp³-hybridized carbons (Fsp3) is 0.400. The van der Waals surface area contributed by atoms with Crippen molar-refractivity contribution >= 4 is 17.5 Å². The van der Waals surface area contributed by atoms with Crippen molar-refractivity contribution in [2.45, 2.75) is 36.2 Å². The standard InChI is InChI=1S/C15H16O2S/c1-18-13-6-4-12(5-7-13)14(16)8-11-15(17)9-2-3-10-15/h4-7,17H,2-3,9-10H2,1H3. The van der Waals surface area contributed by atoms with Crippen LogP contribution in [0.5, 0.6) is 0 Å². The number of thioether (sulfide) groups is 1. The summed E-state index contributed by atoms with van der Waals surface area (Å²) in [5.41, 5.74) is -0.351. The van der Waals surface area contributed by atoms with Crippen molar-refractivity contribution in [2.75, 3.05) is 6.26 Å². The maximum atomic E-state index is 11.9. The number of ketones is 1. The van der Waals surface area contributed by atoms with Crippen LogP contribution in [-0.2, 0) is 0 Å². The van der Waals surface area contributed by atoms with Crippen LogP contribution in [0.1, 0.15) is 36.0 Å². The molecule has 3 heteroatoms. The fourth-order valence-corrected chi connectivity index (χ4v) is 2.48. The Kier molecular flexibility index (Phi) is 4.11. The summed E-state index contributed by atoms with van der Waals surface area (Å²) in [6, 6.07) is 7.37. The maximum Gasteiger partial charge on any atom is 0.235 e. The fourth-order valence-electron chi connectivity index (χ4n) is 2.07. The Morgan fingerprint density at radius 1 is 1.28 bits per heavy atom. The summed E-state index contributed by atoms with van der Waals surface area (Å²) >= 11 is 1.64. The number of carbonyl (C=O) groups excluding carboxylic acids is 1. The van der Waals surface area contributed by atoms with E-state index in [0.29, 0.717) is 18.4 Å². The van der Waals surface area contributed by atoms with E-state index in [0.717, 1.165) is 17.7 Å². The van der Waals surface area contributed by atoms with Gasteiger partial charge in [0.1, 0.15) is 5.60 Å². The predicted octanol–water partition coefficient (Wildman–Crippen LogP) is 2.90. The van der Waals surface area contributed by atoms with Crippen molar-refractivity contribution in [3.63, 3.8) is 0 Å². The number of hydrogen-bond acceptors (Lipinski definition) is 3. The van der Waals surface area contributed by atoms with Crippen molar-refractivity contribution in [1.82, 2.24) is 0 Å². The number of carbonyl (C=O) groups is 1. The smallest absolute Gasteiger partial charge is 0.235 e. The van der Waals surface area contributed by atoms with Crippen LogP contribution in [-0.4, -0.2) is 22.7 Å². The van der Waals surface area contributed by atoms with Gasteiger partial charge in [0.15, 0.2) is 0 Å². The lowest BCUT2D eigenvalue weighted by atomic mass is 10.0. The quantitative estimate of drug-likeness (QED) is 0.384. The number of hydrogen-bond donors (Lipinski definition) is 1. The molecule has 94 valence electrons. The molecule has 1 aliphatic carbocycles. The van der Waals surface area contributed by atoms with E-state index in [1.54, 1.807) is 23.9 Å². The highest BCUT2D eigenvalue weighted by molar-refractivity contribution is 7.98. The Bertz CT molecular complexity index is 487. The van der Waals surface area contributed by atoms with Crippen LogP contribution in [0.2, 0.25) is 0 Å². The second-order valence-electron chi connectivity index (χ2n) is 4.55. The summed E-state index contributed by atoms with van der Waals surface area (Å²) in [4.78, 5) is 13.0. The molecule has 0 aromatic heterocycles. The van der Waals surface area contributed by atoms with Gasteiger partial charge >= 0.3 is 0 Å². The molecule has 1 aliphatic rings. The van der Waals surface area contributed by atoms with E-state index in [1.807, 2.05) is 18.4 Å². The Balaban J connectivity index is 2.09. The van der Waals surface area contributed by atoms with Crippen LogP contribution in [0, 0.1) is 11.8 Å². The van der Waals surface area contributed by atoms with E-state index >= 15 is 0 Å². The Labute approximate surface area is 112 Å². The highest BCUT2D eigenvalue weighted by atomic mass is 32.2. The lowest BCUT2D eigenvalue weighted by molar-refractivity contribution is 0.103. The first kappa shape index (κ1) is 13.2. The molecule has 0 unspecified atom stereocenters. The molecule has 1 aromatic carbocycles. The maximum absolute atomic E-state index is 11.9. The number of Topliss-reactive ketones (excluding diaryl/α,β-unsaturated/α-hetero) is 1. The SMILES string of the molecule is CSc1ccc(C(=O)C#CC2(O)CCCC2)cc1. The van der Waals surface area contributed by atoms with Crippen LogP contribution in [0.15, 0.2) is 29.2 Å². The molecule has 0 heterocycles. The first-order valence-electron chi connectivity index (χ1n) is 6.07. The van der Waals surface area contributed by atoms with E-state index in [2.05, 4.69) is 11.8 Å². The summed E-state index contributed by atoms with van der Waals surface area (Å²) < 4.78 is 0. The van der Waals surface area contributed by atoms with Crippen LogP contribution in [0.4, 0.5) is 0 Å². The summed E-state index contributed by atoms with van der Waals surface area (Å²) in [5.74, 6) is 5.09. The van der Waals surface area contributed by atoms with Gasteiger partial charge in [-0.2, -0.15) is 0 Å². The molecule has 0 bridgehead atoms. The molecule has 2 rings (SSSR count). The van der Waals surface area contributed by atoms with Crippen LogP contribution in [0.3, 0.4) is 0 Å². The van der Waals surface area contributed by atoms with E-state index in [-0.39, 0.29) is 5.78 Å². The zero-order valence-electron chi connectivity index (χ0n) is 10.4. The second kappa shape index (κ2) is 5.60. The monoisotopic (exact) mass is 260 g/mol. The molecule has 1 aromatic rings. The van der Waals surface area contributed by atoms with E-state index in [4.69, 9.17) is 0 Å². The predicted molar refractivity (Wildman–Crippen MR) is 73.7 cm³/mol. The van der Waals surface area contributed by atoms with Crippen LogP contribution >= 0.6 is 11.8 Å². The lowest BCUT2D eigenvalue weighted by Gasteiger charge is -2.12. The summed E-state index contributed by atoms with van der Waals surface area (Å²) in [7, 11) is 0. The van der Waals surface area contributed by atoms with Crippen LogP contribution in [0.25, 0.3) is 0 Å². The highest BCUT2D eigenvalue weighted by Gasteiger charge is 2.28. The summed E-state index contributed by atoms with van der Waals surface area (Å²) in [5, 5.41) is 10.0. The van der Waals surface area contributed by atoms with Gasteiger partial charge in [0.05, 0.1) is 0 Å². The van der Waals surface area contributed by atoms with Gasteiger partial charge in [0, 0.05) is 10.5 Å². The summed E-state index contributed by atoms with van der Waals surface area (Å²) in [6.07, 6.45) is 5.33. The molecule has 2 nitrogen and oxygen atoms in total. The van der Waals surface area contributed by atoms with Gasteiger partial charge in [-0.3, -0.25) is 4.79 Å². The molecule has 0 radical (unpaired) electrons. The molecule has 18 heavy (non-hydrogen) atoms. The third kappa shape index (κ3) is 3.16. The van der Waals surface area contributed by atoms with Crippen molar-refractivity contribution in [3.8, 4) is 11.8 Å². The van der Waals surface area contributed by atoms with E-state index in [1.165, 1.54) is 0 Å². The molecule has 0 spiro atoms. The van der Waals surface area contributed by atoms with Gasteiger partial charge in [-0.05, 0) is 62.1 Å². The Morgan fingerprint density at radius 2 is 1.89 bits per heavy atom. The molecule has 0 atom stereocenters. The molecular weight excluding hydrogens is 244 g/mol. The third-order valence-electron chi connectivity index (χ3n) is 3.19.